The van der Waals surface area contributed by atoms with Gasteiger partial charge in [-0.3, -0.25) is 0 Å². The number of benzene rings is 9. The van der Waals surface area contributed by atoms with E-state index in [2.05, 4.69) is 213 Å². The van der Waals surface area contributed by atoms with Crippen LogP contribution in [-0.2, 0) is 5.41 Å². The lowest BCUT2D eigenvalue weighted by molar-refractivity contribution is 0.661. The molecule has 1 aliphatic rings. The number of para-hydroxylation sites is 2. The number of anilines is 3. The number of furan rings is 1. The number of hydrogen-bond donors (Lipinski definition) is 0. The van der Waals surface area contributed by atoms with Crippen molar-refractivity contribution in [1.29, 1.82) is 0 Å². The Hall–Kier alpha value is -7.20. The highest BCUT2D eigenvalue weighted by molar-refractivity contribution is 7.26. The fourth-order valence-corrected chi connectivity index (χ4v) is 10.8. The number of thiophene rings is 1. The maximum Gasteiger partial charge on any atom is 0.143 e. The monoisotopic (exact) mass is 785 g/mol. The summed E-state index contributed by atoms with van der Waals surface area (Å²) in [6.07, 6.45) is 0. The summed E-state index contributed by atoms with van der Waals surface area (Å²) < 4.78 is 9.11. The van der Waals surface area contributed by atoms with Crippen LogP contribution in [0.4, 0.5) is 17.1 Å². The number of nitrogens with zero attached hydrogens (tertiary/aromatic N) is 1. The van der Waals surface area contributed by atoms with Crippen molar-refractivity contribution in [2.75, 3.05) is 4.90 Å². The number of hydrogen-bond acceptors (Lipinski definition) is 3. The largest absolute Gasteiger partial charge is 0.455 e. The normalized spacial score (nSPS) is 13.0. The average molecular weight is 786 g/mol. The van der Waals surface area contributed by atoms with Crippen LogP contribution in [0.3, 0.4) is 0 Å². The second-order valence-electron chi connectivity index (χ2n) is 16.4. The molecule has 1 aliphatic carbocycles. The Morgan fingerprint density at radius 2 is 1.02 bits per heavy atom. The first-order chi connectivity index (χ1) is 29.5. The molecule has 0 N–H and O–H groups in total. The average Bonchev–Trinajstić information content (AvgIpc) is 3.95. The highest BCUT2D eigenvalue weighted by Crippen LogP contribution is 2.59. The second kappa shape index (κ2) is 13.4. The van der Waals surface area contributed by atoms with Crippen molar-refractivity contribution in [3.8, 4) is 44.5 Å². The Morgan fingerprint density at radius 3 is 1.75 bits per heavy atom. The number of rotatable bonds is 6. The van der Waals surface area contributed by atoms with Crippen LogP contribution in [0.15, 0.2) is 205 Å². The lowest BCUT2D eigenvalue weighted by atomic mass is 9.81. The third-order valence-corrected chi connectivity index (χ3v) is 13.8. The summed E-state index contributed by atoms with van der Waals surface area (Å²) in [5.41, 5.74) is 17.4. The molecule has 0 unspecified atom stereocenters. The van der Waals surface area contributed by atoms with Crippen molar-refractivity contribution in [1.82, 2.24) is 0 Å². The highest BCUT2D eigenvalue weighted by atomic mass is 32.1. The molecule has 284 valence electrons. The van der Waals surface area contributed by atoms with E-state index in [1.165, 1.54) is 70.4 Å². The molecule has 0 fully saturated rings. The van der Waals surface area contributed by atoms with Gasteiger partial charge >= 0.3 is 0 Å². The maximum absolute atomic E-state index is 6.51. The van der Waals surface area contributed by atoms with Gasteiger partial charge in [0.1, 0.15) is 11.2 Å². The minimum absolute atomic E-state index is 0.230. The first-order valence-electron chi connectivity index (χ1n) is 20.7. The molecule has 9 aromatic carbocycles. The van der Waals surface area contributed by atoms with Gasteiger partial charge in [-0.25, -0.2) is 0 Å². The predicted molar refractivity (Wildman–Crippen MR) is 255 cm³/mol. The molecule has 0 saturated heterocycles. The van der Waals surface area contributed by atoms with Crippen LogP contribution in [0, 0.1) is 0 Å². The summed E-state index contributed by atoms with van der Waals surface area (Å²) in [7, 11) is 0. The summed E-state index contributed by atoms with van der Waals surface area (Å²) in [5, 5.41) is 4.84. The van der Waals surface area contributed by atoms with Crippen molar-refractivity contribution >= 4 is 70.5 Å². The number of fused-ring (bicyclic) bond motifs is 9. The van der Waals surface area contributed by atoms with Crippen LogP contribution in [-0.4, -0.2) is 0 Å². The van der Waals surface area contributed by atoms with E-state index >= 15 is 0 Å². The van der Waals surface area contributed by atoms with Crippen LogP contribution in [0.25, 0.3) is 86.6 Å². The SMILES string of the molecule is CC1(C)c2cc(-c3ccccc3)ccc2-c2c1cc1sc3ccccc3c1c2N(c1ccc(-c2ccccc2)cc1)c1ccc(-c2cccc3c2oc2ccccc23)cc1. The van der Waals surface area contributed by atoms with Gasteiger partial charge in [0.15, 0.2) is 0 Å². The Balaban J connectivity index is 1.12. The van der Waals surface area contributed by atoms with Crippen LogP contribution >= 0.6 is 11.3 Å². The quantitative estimate of drug-likeness (QED) is 0.167. The summed E-state index contributed by atoms with van der Waals surface area (Å²) >= 11 is 1.89. The fourth-order valence-electron chi connectivity index (χ4n) is 9.70. The molecule has 2 nitrogen and oxygen atoms in total. The predicted octanol–water partition coefficient (Wildman–Crippen LogP) is 16.7. The Morgan fingerprint density at radius 1 is 0.433 bits per heavy atom. The lowest BCUT2D eigenvalue weighted by Crippen LogP contribution is -2.16. The third kappa shape index (κ3) is 5.33. The molecule has 0 amide bonds. The van der Waals surface area contributed by atoms with Gasteiger partial charge in [0.25, 0.3) is 0 Å². The molecule has 12 rings (SSSR count). The van der Waals surface area contributed by atoms with Crippen LogP contribution < -0.4 is 4.90 Å². The van der Waals surface area contributed by atoms with Gasteiger partial charge in [-0.1, -0.05) is 166 Å². The summed E-state index contributed by atoms with van der Waals surface area (Å²) in [5.74, 6) is 0. The van der Waals surface area contributed by atoms with Crippen LogP contribution in [0.5, 0.6) is 0 Å². The second-order valence-corrected chi connectivity index (χ2v) is 17.5. The first kappa shape index (κ1) is 34.8. The van der Waals surface area contributed by atoms with E-state index in [1.54, 1.807) is 0 Å². The molecule has 3 heteroatoms. The van der Waals surface area contributed by atoms with Crippen LogP contribution in [0.2, 0.25) is 0 Å². The van der Waals surface area contributed by atoms with Gasteiger partial charge in [-0.2, -0.15) is 0 Å². The van der Waals surface area contributed by atoms with E-state index < -0.39 is 0 Å². The topological polar surface area (TPSA) is 16.4 Å². The third-order valence-electron chi connectivity index (χ3n) is 12.7. The molecule has 0 saturated carbocycles. The molecule has 2 heterocycles. The van der Waals surface area contributed by atoms with Crippen molar-refractivity contribution in [3.05, 3.63) is 211 Å². The molecule has 2 aromatic heterocycles. The summed E-state index contributed by atoms with van der Waals surface area (Å²) in [6.45, 7) is 4.81. The zero-order chi connectivity index (χ0) is 40.0. The molecule has 0 aliphatic heterocycles. The van der Waals surface area contributed by atoms with E-state index in [0.717, 1.165) is 44.4 Å². The molecule has 0 spiro atoms. The molecule has 11 aromatic rings. The Labute approximate surface area is 353 Å². The molecule has 60 heavy (non-hydrogen) atoms. The van der Waals surface area contributed by atoms with Crippen LogP contribution in [0.1, 0.15) is 25.0 Å². The first-order valence-corrected chi connectivity index (χ1v) is 21.5. The minimum atomic E-state index is -0.230. The van der Waals surface area contributed by atoms with E-state index in [4.69, 9.17) is 4.42 Å². The van der Waals surface area contributed by atoms with Gasteiger partial charge in [0.2, 0.25) is 0 Å². The molecule has 0 radical (unpaired) electrons. The van der Waals surface area contributed by atoms with E-state index in [0.29, 0.717) is 0 Å². The fraction of sp³-hybridized carbons (Fsp3) is 0.0526. The Kier molecular flexibility index (Phi) is 7.79. The van der Waals surface area contributed by atoms with Crippen molar-refractivity contribution in [3.63, 3.8) is 0 Å². The molecule has 0 bridgehead atoms. The smallest absolute Gasteiger partial charge is 0.143 e. The van der Waals surface area contributed by atoms with E-state index in [1.807, 2.05) is 17.4 Å². The van der Waals surface area contributed by atoms with Gasteiger partial charge in [-0.05, 0) is 93.0 Å². The molecular formula is C57H39NOS. The van der Waals surface area contributed by atoms with E-state index in [9.17, 15) is 0 Å². The van der Waals surface area contributed by atoms with Gasteiger partial charge < -0.3 is 9.32 Å². The maximum atomic E-state index is 6.51. The summed E-state index contributed by atoms with van der Waals surface area (Å²) in [6, 6.07) is 73.0. The zero-order valence-electron chi connectivity index (χ0n) is 33.3. The standard InChI is InChI=1S/C57H39NOS/c1-57(2)48-34-40(37-16-7-4-8-17-37)28-33-46(48)53-49(57)35-52-54(47-19-10-12-23-51(47)60-52)55(53)58(41-29-24-38(25-30-41)36-14-5-3-6-15-36)42-31-26-39(27-32-42)43-20-13-21-45-44-18-9-11-22-50(44)59-56(43)45/h3-35H,1-2H3. The summed E-state index contributed by atoms with van der Waals surface area (Å²) in [4.78, 5) is 2.52. The van der Waals surface area contributed by atoms with Gasteiger partial charge in [-0.15, -0.1) is 11.3 Å². The molecule has 0 atom stereocenters. The molecular weight excluding hydrogens is 747 g/mol. The van der Waals surface area contributed by atoms with Crippen molar-refractivity contribution in [2.24, 2.45) is 0 Å². The van der Waals surface area contributed by atoms with Gasteiger partial charge in [0.05, 0.1) is 5.69 Å². The van der Waals surface area contributed by atoms with Gasteiger partial charge in [0, 0.05) is 58.9 Å². The lowest BCUT2D eigenvalue weighted by Gasteiger charge is -2.30. The Bertz CT molecular complexity index is 3430. The zero-order valence-corrected chi connectivity index (χ0v) is 34.1. The minimum Gasteiger partial charge on any atom is -0.455 e. The van der Waals surface area contributed by atoms with E-state index in [-0.39, 0.29) is 5.41 Å². The van der Waals surface area contributed by atoms with Crippen molar-refractivity contribution < 1.29 is 4.42 Å². The van der Waals surface area contributed by atoms with Crippen molar-refractivity contribution in [2.45, 2.75) is 19.3 Å². The highest BCUT2D eigenvalue weighted by Gasteiger charge is 2.40.